The van der Waals surface area contributed by atoms with Crippen molar-refractivity contribution in [2.24, 2.45) is 0 Å². The average Bonchev–Trinajstić information content (AvgIpc) is 2.90. The number of fused-ring (bicyclic) bond motifs is 2. The molecule has 0 saturated carbocycles. The van der Waals surface area contributed by atoms with E-state index in [-0.39, 0.29) is 0 Å². The predicted molar refractivity (Wildman–Crippen MR) is 119 cm³/mol. The molecule has 0 atom stereocenters. The van der Waals surface area contributed by atoms with Crippen LogP contribution in [-0.4, -0.2) is 13.3 Å². The van der Waals surface area contributed by atoms with Crippen molar-refractivity contribution in [2.75, 3.05) is 0 Å². The van der Waals surface area contributed by atoms with Crippen molar-refractivity contribution in [3.63, 3.8) is 0 Å². The molecule has 0 bridgehead atoms. The van der Waals surface area contributed by atoms with Crippen LogP contribution in [-0.2, 0) is 0 Å². The molecule has 0 unspecified atom stereocenters. The molecule has 0 nitrogen and oxygen atoms in total. The Labute approximate surface area is 163 Å². The van der Waals surface area contributed by atoms with Gasteiger partial charge in [-0.05, 0) is 0 Å². The second kappa shape index (κ2) is 6.71. The van der Waals surface area contributed by atoms with Crippen LogP contribution in [0.5, 0.6) is 0 Å². The van der Waals surface area contributed by atoms with Crippen molar-refractivity contribution in [3.05, 3.63) is 120 Å². The topological polar surface area (TPSA) is 0 Å². The number of hydrogen-bond donors (Lipinski definition) is 0. The first-order valence-electron chi connectivity index (χ1n) is 9.39. The summed E-state index contributed by atoms with van der Waals surface area (Å²) in [5.41, 5.74) is 2.70. The van der Waals surface area contributed by atoms with Gasteiger partial charge < -0.3 is 0 Å². The predicted octanol–water partition coefficient (Wildman–Crippen LogP) is 3.55. The number of hydrogen-bond acceptors (Lipinski definition) is 0. The van der Waals surface area contributed by atoms with Gasteiger partial charge in [0.1, 0.15) is 0 Å². The summed E-state index contributed by atoms with van der Waals surface area (Å²) in [6.07, 6.45) is 4.60. The SMILES string of the molecule is C1=Cc2cccc[c]2[Ge]([c]2ccccc2)([c]2ccccc2)[c]2ccccc21. The quantitative estimate of drug-likeness (QED) is 0.395. The fourth-order valence-corrected chi connectivity index (χ4v) is 15.3. The average molecular weight is 405 g/mol. The van der Waals surface area contributed by atoms with Gasteiger partial charge in [-0.15, -0.1) is 0 Å². The van der Waals surface area contributed by atoms with Gasteiger partial charge in [0.2, 0.25) is 0 Å². The molecule has 0 radical (unpaired) electrons. The fraction of sp³-hybridized carbons (Fsp3) is 0. The third-order valence-electron chi connectivity index (χ3n) is 5.59. The van der Waals surface area contributed by atoms with Crippen molar-refractivity contribution >= 4 is 43.0 Å². The van der Waals surface area contributed by atoms with Crippen LogP contribution in [0.15, 0.2) is 109 Å². The van der Waals surface area contributed by atoms with Gasteiger partial charge in [-0.3, -0.25) is 0 Å². The standard InChI is InChI=1S/C26H20Ge/c1-3-13-23(14-4-1)27(24-15-5-2-6-16-24)25-17-9-7-11-21(25)19-20-22-12-8-10-18-26(22)27/h1-20H. The summed E-state index contributed by atoms with van der Waals surface area (Å²) in [6, 6.07) is 40.3. The summed E-state index contributed by atoms with van der Waals surface area (Å²) < 4.78 is 5.98. The molecule has 4 aromatic rings. The molecule has 0 amide bonds. The molecule has 0 N–H and O–H groups in total. The van der Waals surface area contributed by atoms with E-state index < -0.39 is 13.3 Å². The van der Waals surface area contributed by atoms with E-state index in [2.05, 4.69) is 121 Å². The minimum absolute atomic E-state index is 1.35. The molecule has 27 heavy (non-hydrogen) atoms. The van der Waals surface area contributed by atoms with E-state index in [1.165, 1.54) is 28.7 Å². The molecule has 0 fully saturated rings. The summed E-state index contributed by atoms with van der Waals surface area (Å²) in [6.45, 7) is 0. The van der Waals surface area contributed by atoms with Crippen LogP contribution in [0.25, 0.3) is 12.2 Å². The minimum atomic E-state index is -3.10. The van der Waals surface area contributed by atoms with Crippen molar-refractivity contribution < 1.29 is 0 Å². The van der Waals surface area contributed by atoms with E-state index in [0.717, 1.165) is 0 Å². The molecule has 0 spiro atoms. The fourth-order valence-electron chi connectivity index (χ4n) is 4.46. The van der Waals surface area contributed by atoms with E-state index >= 15 is 0 Å². The molecule has 1 aliphatic heterocycles. The molecule has 1 heteroatoms. The molecule has 0 aromatic heterocycles. The van der Waals surface area contributed by atoms with Gasteiger partial charge in [0, 0.05) is 0 Å². The second-order valence-electron chi connectivity index (χ2n) is 6.99. The zero-order valence-corrected chi connectivity index (χ0v) is 17.1. The Hall–Kier alpha value is -2.84. The maximum atomic E-state index is 2.36. The van der Waals surface area contributed by atoms with Gasteiger partial charge in [0.25, 0.3) is 0 Å². The molecule has 1 heterocycles. The monoisotopic (exact) mass is 406 g/mol. The van der Waals surface area contributed by atoms with Gasteiger partial charge in [-0.1, -0.05) is 0 Å². The van der Waals surface area contributed by atoms with Gasteiger partial charge in [0.05, 0.1) is 0 Å². The first-order valence-corrected chi connectivity index (χ1v) is 13.6. The van der Waals surface area contributed by atoms with E-state index in [1.807, 2.05) is 0 Å². The molecule has 1 aliphatic rings. The Kier molecular flexibility index (Phi) is 4.06. The zero-order valence-electron chi connectivity index (χ0n) is 15.0. The third-order valence-corrected chi connectivity index (χ3v) is 15.9. The Bertz CT molecular complexity index is 1020. The molecular weight excluding hydrogens is 385 g/mol. The zero-order chi connectivity index (χ0) is 18.1. The van der Waals surface area contributed by atoms with Crippen LogP contribution in [0.1, 0.15) is 11.1 Å². The molecule has 5 rings (SSSR count). The molecular formula is C26H20Ge. The van der Waals surface area contributed by atoms with Crippen LogP contribution >= 0.6 is 0 Å². The summed E-state index contributed by atoms with van der Waals surface area (Å²) in [5, 5.41) is 0. The molecule has 0 saturated heterocycles. The van der Waals surface area contributed by atoms with Crippen molar-refractivity contribution in [3.8, 4) is 0 Å². The Balaban J connectivity index is 2.00. The van der Waals surface area contributed by atoms with E-state index in [1.54, 1.807) is 0 Å². The first-order chi connectivity index (χ1) is 13.4. The van der Waals surface area contributed by atoms with Gasteiger partial charge in [-0.2, -0.15) is 0 Å². The van der Waals surface area contributed by atoms with Gasteiger partial charge in [-0.25, -0.2) is 0 Å². The van der Waals surface area contributed by atoms with Crippen LogP contribution in [0.3, 0.4) is 0 Å². The van der Waals surface area contributed by atoms with E-state index in [9.17, 15) is 0 Å². The van der Waals surface area contributed by atoms with E-state index in [0.29, 0.717) is 0 Å². The Morgan fingerprint density at radius 1 is 0.370 bits per heavy atom. The van der Waals surface area contributed by atoms with Crippen molar-refractivity contribution in [1.29, 1.82) is 0 Å². The maximum absolute atomic E-state index is 3.10. The third kappa shape index (κ3) is 2.52. The number of benzene rings is 4. The Morgan fingerprint density at radius 2 is 0.741 bits per heavy atom. The number of rotatable bonds is 2. The molecule has 128 valence electrons. The van der Waals surface area contributed by atoms with Crippen LogP contribution in [0.4, 0.5) is 0 Å². The normalized spacial score (nSPS) is 14.1. The Morgan fingerprint density at radius 3 is 1.19 bits per heavy atom. The van der Waals surface area contributed by atoms with Crippen LogP contribution < -0.4 is 17.6 Å². The first kappa shape index (κ1) is 16.3. The molecule has 4 aromatic carbocycles. The van der Waals surface area contributed by atoms with Crippen LogP contribution in [0.2, 0.25) is 0 Å². The summed E-state index contributed by atoms with van der Waals surface area (Å²) >= 11 is -3.10. The van der Waals surface area contributed by atoms with Crippen molar-refractivity contribution in [1.82, 2.24) is 0 Å². The van der Waals surface area contributed by atoms with Crippen LogP contribution in [0, 0.1) is 0 Å². The summed E-state index contributed by atoms with van der Waals surface area (Å²) in [5.74, 6) is 0. The van der Waals surface area contributed by atoms with E-state index in [4.69, 9.17) is 0 Å². The van der Waals surface area contributed by atoms with Crippen molar-refractivity contribution in [2.45, 2.75) is 0 Å². The van der Waals surface area contributed by atoms with Gasteiger partial charge in [0.15, 0.2) is 0 Å². The van der Waals surface area contributed by atoms with Gasteiger partial charge >= 0.3 is 163 Å². The second-order valence-corrected chi connectivity index (χ2v) is 14.8. The molecule has 0 aliphatic carbocycles. The summed E-state index contributed by atoms with van der Waals surface area (Å²) in [7, 11) is 0. The summed E-state index contributed by atoms with van der Waals surface area (Å²) in [4.78, 5) is 0.